The van der Waals surface area contributed by atoms with E-state index in [1.807, 2.05) is 81.4 Å². The van der Waals surface area contributed by atoms with Crippen LogP contribution in [0.15, 0.2) is 60.7 Å². The second-order valence-corrected chi connectivity index (χ2v) is 10.6. The van der Waals surface area contributed by atoms with Crippen LogP contribution in [-0.4, -0.2) is 53.8 Å². The van der Waals surface area contributed by atoms with Crippen LogP contribution < -0.4 is 10.6 Å². The highest BCUT2D eigenvalue weighted by atomic mass is 16.6. The maximum absolute atomic E-state index is 13.0. The molecule has 0 aromatic heterocycles. The van der Waals surface area contributed by atoms with E-state index in [2.05, 4.69) is 10.6 Å². The zero-order valence-electron chi connectivity index (χ0n) is 22.7. The van der Waals surface area contributed by atoms with Gasteiger partial charge in [0, 0.05) is 12.0 Å². The number of rotatable bonds is 11. The van der Waals surface area contributed by atoms with Gasteiger partial charge in [-0.05, 0) is 24.5 Å². The molecular formula is C30H39N3O5. The van der Waals surface area contributed by atoms with E-state index in [4.69, 9.17) is 4.74 Å². The summed E-state index contributed by atoms with van der Waals surface area (Å²) in [7, 11) is 0. The molecule has 0 radical (unpaired) electrons. The highest BCUT2D eigenvalue weighted by molar-refractivity contribution is 6.38. The molecule has 1 unspecified atom stereocenters. The fourth-order valence-electron chi connectivity index (χ4n) is 4.61. The Balaban J connectivity index is 1.59. The molecule has 2 aromatic carbocycles. The van der Waals surface area contributed by atoms with Gasteiger partial charge in [-0.25, -0.2) is 4.79 Å². The van der Waals surface area contributed by atoms with E-state index < -0.39 is 35.3 Å². The van der Waals surface area contributed by atoms with Crippen LogP contribution in [-0.2, 0) is 25.5 Å². The molecule has 1 aliphatic heterocycles. The number of Topliss-reactive ketones (excluding diaryl/α,β-unsaturated/α-hetero) is 1. The van der Waals surface area contributed by atoms with Crippen molar-refractivity contribution in [3.63, 3.8) is 0 Å². The lowest BCUT2D eigenvalue weighted by Crippen LogP contribution is -2.49. The molecule has 3 atom stereocenters. The molecule has 2 N–H and O–H groups in total. The van der Waals surface area contributed by atoms with E-state index in [0.29, 0.717) is 19.4 Å². The van der Waals surface area contributed by atoms with Crippen LogP contribution in [0, 0.1) is 5.41 Å². The molecule has 1 heterocycles. The number of ketones is 1. The third kappa shape index (κ3) is 7.91. The summed E-state index contributed by atoms with van der Waals surface area (Å²) in [5, 5.41) is 5.34. The van der Waals surface area contributed by atoms with Crippen LogP contribution in [0.25, 0.3) is 0 Å². The normalized spacial score (nSPS) is 17.8. The minimum absolute atomic E-state index is 0.0315. The van der Waals surface area contributed by atoms with Crippen molar-refractivity contribution in [2.75, 3.05) is 13.1 Å². The first-order chi connectivity index (χ1) is 18.1. The predicted octanol–water partition coefficient (Wildman–Crippen LogP) is 4.20. The van der Waals surface area contributed by atoms with E-state index in [1.165, 1.54) is 0 Å². The van der Waals surface area contributed by atoms with Gasteiger partial charge in [0.15, 0.2) is 0 Å². The van der Waals surface area contributed by atoms with Gasteiger partial charge in [0.05, 0.1) is 19.0 Å². The number of amides is 3. The molecule has 1 fully saturated rings. The zero-order valence-corrected chi connectivity index (χ0v) is 22.7. The average Bonchev–Trinajstić information content (AvgIpc) is 3.20. The van der Waals surface area contributed by atoms with Crippen LogP contribution in [0.4, 0.5) is 4.79 Å². The quantitative estimate of drug-likeness (QED) is 0.431. The monoisotopic (exact) mass is 521 g/mol. The molecule has 1 saturated heterocycles. The third-order valence-electron chi connectivity index (χ3n) is 6.98. The van der Waals surface area contributed by atoms with Crippen molar-refractivity contribution < 1.29 is 23.9 Å². The number of nitrogens with zero attached hydrogens (tertiary/aromatic N) is 1. The summed E-state index contributed by atoms with van der Waals surface area (Å²) in [5.74, 6) is -1.49. The summed E-state index contributed by atoms with van der Waals surface area (Å²) in [6.07, 6.45) is 0.758. The molecule has 0 spiro atoms. The topological polar surface area (TPSA) is 105 Å². The smallest absolute Gasteiger partial charge is 0.408 e. The summed E-state index contributed by atoms with van der Waals surface area (Å²) in [6, 6.07) is 17.5. The van der Waals surface area contributed by atoms with Crippen LogP contribution in [0.3, 0.4) is 0 Å². The fraction of sp³-hybridized carbons (Fsp3) is 0.467. The first-order valence-electron chi connectivity index (χ1n) is 13.3. The Labute approximate surface area is 225 Å². The molecule has 8 nitrogen and oxygen atoms in total. The van der Waals surface area contributed by atoms with E-state index in [9.17, 15) is 19.2 Å². The second kappa shape index (κ2) is 13.2. The molecule has 38 heavy (non-hydrogen) atoms. The number of carbonyl (C=O) groups is 4. The molecule has 3 amide bonds. The first kappa shape index (κ1) is 28.9. The largest absolute Gasteiger partial charge is 0.444 e. The van der Waals surface area contributed by atoms with Crippen LogP contribution >= 0.6 is 0 Å². The number of hydrogen-bond donors (Lipinski definition) is 2. The van der Waals surface area contributed by atoms with Crippen molar-refractivity contribution in [2.45, 2.75) is 71.6 Å². The van der Waals surface area contributed by atoms with Gasteiger partial charge in [0.1, 0.15) is 12.1 Å². The van der Waals surface area contributed by atoms with E-state index in [1.54, 1.807) is 11.8 Å². The van der Waals surface area contributed by atoms with Crippen molar-refractivity contribution in [3.05, 3.63) is 71.8 Å². The van der Waals surface area contributed by atoms with Gasteiger partial charge in [-0.3, -0.25) is 14.4 Å². The number of carbonyl (C=O) groups excluding carboxylic acids is 4. The van der Waals surface area contributed by atoms with Crippen LogP contribution in [0.2, 0.25) is 0 Å². The van der Waals surface area contributed by atoms with Crippen LogP contribution in [0.5, 0.6) is 0 Å². The van der Waals surface area contributed by atoms with Crippen molar-refractivity contribution in [3.8, 4) is 0 Å². The van der Waals surface area contributed by atoms with Crippen molar-refractivity contribution in [2.24, 2.45) is 5.41 Å². The van der Waals surface area contributed by atoms with E-state index in [0.717, 1.165) is 17.5 Å². The highest BCUT2D eigenvalue weighted by Gasteiger charge is 2.44. The molecule has 0 bridgehead atoms. The molecule has 0 saturated carbocycles. The third-order valence-corrected chi connectivity index (χ3v) is 6.98. The van der Waals surface area contributed by atoms with Gasteiger partial charge in [0.25, 0.3) is 5.91 Å². The predicted molar refractivity (Wildman–Crippen MR) is 145 cm³/mol. The molecular weight excluding hydrogens is 482 g/mol. The van der Waals surface area contributed by atoms with Gasteiger partial charge < -0.3 is 20.3 Å². The summed E-state index contributed by atoms with van der Waals surface area (Å²) in [5.41, 5.74) is 1.34. The van der Waals surface area contributed by atoms with Crippen molar-refractivity contribution in [1.82, 2.24) is 15.5 Å². The first-order valence-corrected chi connectivity index (χ1v) is 13.3. The molecule has 2 aromatic rings. The number of hydrogen-bond acceptors (Lipinski definition) is 5. The maximum Gasteiger partial charge on any atom is 0.408 e. The lowest BCUT2D eigenvalue weighted by Gasteiger charge is -2.26. The van der Waals surface area contributed by atoms with Gasteiger partial charge in [0.2, 0.25) is 11.7 Å². The number of likely N-dealkylation sites (tertiary alicyclic amines) is 1. The number of ether oxygens (including phenoxy) is 1. The second-order valence-electron chi connectivity index (χ2n) is 10.6. The maximum atomic E-state index is 13.0. The summed E-state index contributed by atoms with van der Waals surface area (Å²) in [6.45, 7) is 8.39. The summed E-state index contributed by atoms with van der Waals surface area (Å²) in [4.78, 5) is 53.2. The fourth-order valence-corrected chi connectivity index (χ4v) is 4.61. The van der Waals surface area contributed by atoms with E-state index >= 15 is 0 Å². The van der Waals surface area contributed by atoms with E-state index in [-0.39, 0.29) is 24.9 Å². The Morgan fingerprint density at radius 2 is 1.63 bits per heavy atom. The summed E-state index contributed by atoms with van der Waals surface area (Å²) < 4.78 is 5.72. The van der Waals surface area contributed by atoms with Crippen molar-refractivity contribution >= 4 is 23.7 Å². The Morgan fingerprint density at radius 3 is 2.26 bits per heavy atom. The summed E-state index contributed by atoms with van der Waals surface area (Å²) >= 11 is 0. The lowest BCUT2D eigenvalue weighted by atomic mass is 9.90. The zero-order chi connectivity index (χ0) is 27.7. The molecule has 8 heteroatoms. The minimum Gasteiger partial charge on any atom is -0.444 e. The van der Waals surface area contributed by atoms with Crippen molar-refractivity contribution in [1.29, 1.82) is 0 Å². The lowest BCUT2D eigenvalue weighted by molar-refractivity contribution is -0.139. The van der Waals surface area contributed by atoms with Crippen LogP contribution in [0.1, 0.15) is 64.1 Å². The Hall–Kier alpha value is -3.68. The standard InChI is InChI=1S/C30H39N3O5/c1-5-6-17-24(27(35)28(36)31-21(2)23-15-11-8-12-16-23)32-29(37)38-25-19-33(20-30(25,3)4)26(34)18-22-13-9-7-10-14-22/h7-16,21,24-25H,5-6,17-20H2,1-4H3,(H,31,36)(H,32,37)/t21-,24+,25?/m1/s1. The average molecular weight is 522 g/mol. The number of nitrogens with one attached hydrogen (secondary N) is 2. The Bertz CT molecular complexity index is 1100. The van der Waals surface area contributed by atoms with Gasteiger partial charge in [-0.2, -0.15) is 0 Å². The highest BCUT2D eigenvalue weighted by Crippen LogP contribution is 2.32. The molecule has 0 aliphatic carbocycles. The van der Waals surface area contributed by atoms with Gasteiger partial charge >= 0.3 is 6.09 Å². The number of benzene rings is 2. The Morgan fingerprint density at radius 1 is 1.00 bits per heavy atom. The number of unbranched alkanes of at least 4 members (excludes halogenated alkanes) is 1. The molecule has 3 rings (SSSR count). The molecule has 1 aliphatic rings. The minimum atomic E-state index is -0.995. The molecule has 204 valence electrons. The SMILES string of the molecule is CCCC[C@H](NC(=O)OC1CN(C(=O)Cc2ccccc2)CC1(C)C)C(=O)C(=O)N[C@H](C)c1ccccc1. The number of alkyl carbamates (subject to hydrolysis) is 1. The van der Waals surface area contributed by atoms with Gasteiger partial charge in [-0.15, -0.1) is 0 Å². The van der Waals surface area contributed by atoms with Gasteiger partial charge in [-0.1, -0.05) is 94.3 Å². The Kier molecular flexibility index (Phi) is 10.0.